The number of hydrogen-bond donors (Lipinski definition) is 0. The molecular weight excluding hydrogens is 236 g/mol. The van der Waals surface area contributed by atoms with Gasteiger partial charge in [0.1, 0.15) is 0 Å². The van der Waals surface area contributed by atoms with Crippen LogP contribution in [0.2, 0.25) is 0 Å². The summed E-state index contributed by atoms with van der Waals surface area (Å²) in [5.74, 6) is -2.89. The van der Waals surface area contributed by atoms with Gasteiger partial charge in [-0.25, -0.2) is 4.79 Å². The second kappa shape index (κ2) is 5.29. The fourth-order valence-corrected chi connectivity index (χ4v) is 1.76. The van der Waals surface area contributed by atoms with Crippen LogP contribution in [0.4, 0.5) is 4.79 Å². The fraction of sp³-hybridized carbons (Fsp3) is 0.667. The molecule has 0 aromatic heterocycles. The van der Waals surface area contributed by atoms with E-state index in [1.165, 1.54) is 14.1 Å². The molecule has 1 rings (SSSR count). The first-order valence-corrected chi connectivity index (χ1v) is 5.89. The van der Waals surface area contributed by atoms with E-state index < -0.39 is 29.5 Å². The van der Waals surface area contributed by atoms with Gasteiger partial charge in [0.05, 0.1) is 0 Å². The second-order valence-corrected chi connectivity index (χ2v) is 4.91. The standard InChI is InChI=1S/C12H18N2O4/c1-7(2)5-6-8(15)9-10(16)13(3)12(18)14(4)11(9)17/h7,9H,5-6H2,1-4H3. The summed E-state index contributed by atoms with van der Waals surface area (Å²) in [6, 6.07) is -0.696. The molecule has 0 atom stereocenters. The maximum Gasteiger partial charge on any atom is 0.332 e. The largest absolute Gasteiger partial charge is 0.332 e. The molecule has 0 unspecified atom stereocenters. The van der Waals surface area contributed by atoms with Crippen molar-refractivity contribution in [3.63, 3.8) is 0 Å². The Hall–Kier alpha value is -1.72. The summed E-state index contributed by atoms with van der Waals surface area (Å²) in [7, 11) is 2.55. The quantitative estimate of drug-likeness (QED) is 0.691. The van der Waals surface area contributed by atoms with Gasteiger partial charge in [-0.2, -0.15) is 0 Å². The minimum Gasteiger partial charge on any atom is -0.298 e. The van der Waals surface area contributed by atoms with Gasteiger partial charge < -0.3 is 0 Å². The van der Waals surface area contributed by atoms with E-state index in [2.05, 4.69) is 0 Å². The van der Waals surface area contributed by atoms with E-state index in [0.29, 0.717) is 12.3 Å². The first-order valence-electron chi connectivity index (χ1n) is 5.89. The summed E-state index contributed by atoms with van der Waals surface area (Å²) in [5.41, 5.74) is 0. The van der Waals surface area contributed by atoms with Crippen LogP contribution in [0.3, 0.4) is 0 Å². The van der Waals surface area contributed by atoms with Gasteiger partial charge in [-0.3, -0.25) is 24.2 Å². The van der Waals surface area contributed by atoms with Crippen LogP contribution in [-0.4, -0.2) is 47.5 Å². The van der Waals surface area contributed by atoms with E-state index in [-0.39, 0.29) is 6.42 Å². The van der Waals surface area contributed by atoms with Gasteiger partial charge in [-0.15, -0.1) is 0 Å². The molecule has 6 nitrogen and oxygen atoms in total. The third-order valence-corrected chi connectivity index (χ3v) is 3.02. The summed E-state index contributed by atoms with van der Waals surface area (Å²) < 4.78 is 0. The van der Waals surface area contributed by atoms with Gasteiger partial charge in [-0.05, 0) is 12.3 Å². The van der Waals surface area contributed by atoms with Crippen LogP contribution in [-0.2, 0) is 14.4 Å². The minimum atomic E-state index is -1.35. The Bertz CT molecular complexity index is 379. The Morgan fingerprint density at radius 1 is 1.11 bits per heavy atom. The zero-order valence-electron chi connectivity index (χ0n) is 11.1. The lowest BCUT2D eigenvalue weighted by Crippen LogP contribution is -2.58. The highest BCUT2D eigenvalue weighted by atomic mass is 16.2. The number of ketones is 1. The summed E-state index contributed by atoms with van der Waals surface area (Å²) in [5, 5.41) is 0. The van der Waals surface area contributed by atoms with Crippen LogP contribution in [0.25, 0.3) is 0 Å². The lowest BCUT2D eigenvalue weighted by atomic mass is 9.93. The van der Waals surface area contributed by atoms with Crippen molar-refractivity contribution in [3.8, 4) is 0 Å². The fourth-order valence-electron chi connectivity index (χ4n) is 1.76. The maximum absolute atomic E-state index is 11.9. The summed E-state index contributed by atoms with van der Waals surface area (Å²) in [6.07, 6.45) is 0.799. The van der Waals surface area contributed by atoms with Crippen molar-refractivity contribution in [3.05, 3.63) is 0 Å². The number of carbonyl (C=O) groups excluding carboxylic acids is 4. The van der Waals surface area contributed by atoms with Crippen LogP contribution in [0.1, 0.15) is 26.7 Å². The Morgan fingerprint density at radius 2 is 1.56 bits per heavy atom. The van der Waals surface area contributed by atoms with E-state index >= 15 is 0 Å². The Balaban J connectivity index is 2.86. The molecule has 0 N–H and O–H groups in total. The molecule has 0 radical (unpaired) electrons. The highest BCUT2D eigenvalue weighted by molar-refractivity contribution is 6.26. The number of urea groups is 1. The first-order chi connectivity index (χ1) is 8.27. The number of Topliss-reactive ketones (excluding diaryl/α,β-unsaturated/α-hetero) is 1. The molecule has 18 heavy (non-hydrogen) atoms. The zero-order chi connectivity index (χ0) is 14.0. The normalized spacial score (nSPS) is 17.9. The molecule has 1 aliphatic heterocycles. The molecule has 6 heteroatoms. The molecule has 1 aliphatic rings. The lowest BCUT2D eigenvalue weighted by Gasteiger charge is -2.32. The number of barbiturate groups is 1. The van der Waals surface area contributed by atoms with Gasteiger partial charge in [-0.1, -0.05) is 13.8 Å². The SMILES string of the molecule is CC(C)CCC(=O)C1C(=O)N(C)C(=O)N(C)C1=O. The Labute approximate surface area is 106 Å². The average molecular weight is 254 g/mol. The van der Waals surface area contributed by atoms with Gasteiger partial charge in [0.15, 0.2) is 11.7 Å². The van der Waals surface area contributed by atoms with Crippen LogP contribution < -0.4 is 0 Å². The Morgan fingerprint density at radius 3 is 1.94 bits per heavy atom. The third kappa shape index (κ3) is 2.57. The van der Waals surface area contributed by atoms with Gasteiger partial charge in [0.2, 0.25) is 0 Å². The molecule has 1 fully saturated rings. The van der Waals surface area contributed by atoms with Crippen molar-refractivity contribution in [2.45, 2.75) is 26.7 Å². The molecular formula is C12H18N2O4. The highest BCUT2D eigenvalue weighted by Crippen LogP contribution is 2.19. The maximum atomic E-state index is 11.9. The molecule has 1 saturated heterocycles. The third-order valence-electron chi connectivity index (χ3n) is 3.02. The monoisotopic (exact) mass is 254 g/mol. The predicted octanol–water partition coefficient (Wildman–Crippen LogP) is 0.658. The molecule has 0 spiro atoms. The average Bonchev–Trinajstić information content (AvgIpc) is 2.31. The molecule has 0 aromatic carbocycles. The Kier molecular flexibility index (Phi) is 4.21. The van der Waals surface area contributed by atoms with E-state index in [9.17, 15) is 19.2 Å². The van der Waals surface area contributed by atoms with Gasteiger partial charge in [0, 0.05) is 20.5 Å². The number of nitrogens with zero attached hydrogens (tertiary/aromatic N) is 2. The summed E-state index contributed by atoms with van der Waals surface area (Å²) in [4.78, 5) is 48.7. The molecule has 100 valence electrons. The molecule has 0 aliphatic carbocycles. The van der Waals surface area contributed by atoms with E-state index in [4.69, 9.17) is 0 Å². The molecule has 0 aromatic rings. The van der Waals surface area contributed by atoms with Crippen LogP contribution in [0, 0.1) is 11.8 Å². The van der Waals surface area contributed by atoms with E-state index in [1.54, 1.807) is 0 Å². The van der Waals surface area contributed by atoms with Crippen LogP contribution in [0.15, 0.2) is 0 Å². The molecule has 0 bridgehead atoms. The smallest absolute Gasteiger partial charge is 0.298 e. The van der Waals surface area contributed by atoms with Crippen molar-refractivity contribution in [1.82, 2.24) is 9.80 Å². The van der Waals surface area contributed by atoms with Gasteiger partial charge >= 0.3 is 6.03 Å². The summed E-state index contributed by atoms with van der Waals surface area (Å²) in [6.45, 7) is 3.92. The van der Waals surface area contributed by atoms with E-state index in [0.717, 1.165) is 9.80 Å². The molecule has 0 saturated carbocycles. The predicted molar refractivity (Wildman–Crippen MR) is 63.5 cm³/mol. The number of carbonyl (C=O) groups is 4. The number of imide groups is 2. The zero-order valence-corrected chi connectivity index (χ0v) is 11.1. The first kappa shape index (κ1) is 14.3. The minimum absolute atomic E-state index is 0.176. The van der Waals surface area contributed by atoms with Crippen molar-refractivity contribution in [2.75, 3.05) is 14.1 Å². The topological polar surface area (TPSA) is 74.8 Å². The number of hydrogen-bond acceptors (Lipinski definition) is 4. The van der Waals surface area contributed by atoms with Gasteiger partial charge in [0.25, 0.3) is 11.8 Å². The highest BCUT2D eigenvalue weighted by Gasteiger charge is 2.45. The van der Waals surface area contributed by atoms with Crippen LogP contribution >= 0.6 is 0 Å². The van der Waals surface area contributed by atoms with E-state index in [1.807, 2.05) is 13.8 Å². The number of amides is 4. The number of rotatable bonds is 4. The van der Waals surface area contributed by atoms with Crippen molar-refractivity contribution >= 4 is 23.6 Å². The van der Waals surface area contributed by atoms with Crippen molar-refractivity contribution in [2.24, 2.45) is 11.8 Å². The molecule has 1 heterocycles. The van der Waals surface area contributed by atoms with Crippen molar-refractivity contribution in [1.29, 1.82) is 0 Å². The second-order valence-electron chi connectivity index (χ2n) is 4.91. The van der Waals surface area contributed by atoms with Crippen molar-refractivity contribution < 1.29 is 19.2 Å². The lowest BCUT2D eigenvalue weighted by molar-refractivity contribution is -0.151. The van der Waals surface area contributed by atoms with Crippen LogP contribution in [0.5, 0.6) is 0 Å². The summed E-state index contributed by atoms with van der Waals surface area (Å²) >= 11 is 0. The molecule has 4 amide bonds.